The SMILES string of the molecule is c1ccc(-c2ccc(-c3cc4c5c6c(ccc7c6c6c(cc(-c8ccc(-c9ccccc9)cc8)c8c6c5c3C8)C7)C4)cc2)cc1. The summed E-state index contributed by atoms with van der Waals surface area (Å²) in [5.74, 6) is 0. The normalized spacial score (nSPS) is 13.5. The van der Waals surface area contributed by atoms with E-state index in [4.69, 9.17) is 0 Å². The molecule has 45 heavy (non-hydrogen) atoms. The molecule has 11 rings (SSSR count). The van der Waals surface area contributed by atoms with Gasteiger partial charge in [0.05, 0.1) is 0 Å². The zero-order chi connectivity index (χ0) is 29.2. The molecule has 8 aromatic rings. The molecule has 0 atom stereocenters. The molecule has 0 bridgehead atoms. The van der Waals surface area contributed by atoms with E-state index in [2.05, 4.69) is 133 Å². The van der Waals surface area contributed by atoms with E-state index in [1.54, 1.807) is 10.8 Å². The molecule has 3 aliphatic carbocycles. The highest BCUT2D eigenvalue weighted by molar-refractivity contribution is 6.34. The Morgan fingerprint density at radius 3 is 1.04 bits per heavy atom. The minimum atomic E-state index is 0.982. The van der Waals surface area contributed by atoms with Crippen molar-refractivity contribution >= 4 is 32.3 Å². The predicted molar refractivity (Wildman–Crippen MR) is 189 cm³/mol. The summed E-state index contributed by atoms with van der Waals surface area (Å²) in [6, 6.07) is 49.9. The molecular formula is C45H28. The van der Waals surface area contributed by atoms with Gasteiger partial charge in [-0.25, -0.2) is 0 Å². The molecule has 0 aromatic heterocycles. The number of benzene rings is 8. The fraction of sp³-hybridized carbons (Fsp3) is 0.0667. The quantitative estimate of drug-likeness (QED) is 0.185. The van der Waals surface area contributed by atoms with E-state index in [1.165, 1.54) is 99.4 Å². The Hall–Kier alpha value is -5.46. The summed E-state index contributed by atoms with van der Waals surface area (Å²) >= 11 is 0. The molecule has 0 saturated heterocycles. The van der Waals surface area contributed by atoms with Crippen molar-refractivity contribution in [1.29, 1.82) is 0 Å². The van der Waals surface area contributed by atoms with Gasteiger partial charge in [-0.05, 0) is 142 Å². The lowest BCUT2D eigenvalue weighted by atomic mass is 9.89. The van der Waals surface area contributed by atoms with Crippen molar-refractivity contribution in [1.82, 2.24) is 0 Å². The van der Waals surface area contributed by atoms with Gasteiger partial charge in [0.2, 0.25) is 0 Å². The minimum absolute atomic E-state index is 0.982. The summed E-state index contributed by atoms with van der Waals surface area (Å²) in [5, 5.41) is 9.24. The highest BCUT2D eigenvalue weighted by Crippen LogP contribution is 2.56. The van der Waals surface area contributed by atoms with Crippen LogP contribution in [0.3, 0.4) is 0 Å². The van der Waals surface area contributed by atoms with Gasteiger partial charge in [0.25, 0.3) is 0 Å². The fourth-order valence-corrected chi connectivity index (χ4v) is 8.93. The maximum absolute atomic E-state index is 2.54. The van der Waals surface area contributed by atoms with Crippen LogP contribution in [-0.4, -0.2) is 0 Å². The van der Waals surface area contributed by atoms with Gasteiger partial charge in [0.1, 0.15) is 0 Å². The maximum Gasteiger partial charge on any atom is -0.0000653 e. The molecule has 0 fully saturated rings. The topological polar surface area (TPSA) is 0 Å². The predicted octanol–water partition coefficient (Wildman–Crippen LogP) is 11.5. The third kappa shape index (κ3) is 3.16. The Balaban J connectivity index is 1.15. The second-order valence-corrected chi connectivity index (χ2v) is 13.2. The standard InChI is InChI=1S/C45H28/c1-3-7-26(8-4-1)28-11-15-30(16-12-28)36-23-34-21-32-19-20-33-22-35-24-37(31-17-13-29(14-18-31)27-9-5-2-6-10-27)39-25-38(36)44-42(34)40(32)41(33)43(35)45(39)44/h1-20,23-24H,21-22,25H2. The van der Waals surface area contributed by atoms with Gasteiger partial charge in [-0.15, -0.1) is 0 Å². The second-order valence-electron chi connectivity index (χ2n) is 13.2. The zero-order valence-electron chi connectivity index (χ0n) is 24.8. The van der Waals surface area contributed by atoms with Crippen LogP contribution < -0.4 is 0 Å². The van der Waals surface area contributed by atoms with Crippen LogP contribution in [0, 0.1) is 0 Å². The van der Waals surface area contributed by atoms with Gasteiger partial charge in [-0.1, -0.05) is 121 Å². The Labute approximate surface area is 262 Å². The highest BCUT2D eigenvalue weighted by Gasteiger charge is 2.34. The van der Waals surface area contributed by atoms with Gasteiger partial charge in [0.15, 0.2) is 0 Å². The molecule has 0 N–H and O–H groups in total. The van der Waals surface area contributed by atoms with Crippen LogP contribution in [0.4, 0.5) is 0 Å². The highest BCUT2D eigenvalue weighted by atomic mass is 14.4. The first-order chi connectivity index (χ1) is 22.3. The van der Waals surface area contributed by atoms with E-state index in [-0.39, 0.29) is 0 Å². The molecule has 0 heteroatoms. The molecular weight excluding hydrogens is 540 g/mol. The van der Waals surface area contributed by atoms with Crippen LogP contribution in [0.2, 0.25) is 0 Å². The molecule has 0 aliphatic heterocycles. The molecule has 0 unspecified atom stereocenters. The molecule has 0 amide bonds. The molecule has 208 valence electrons. The Morgan fingerprint density at radius 1 is 0.267 bits per heavy atom. The molecule has 3 aliphatic rings. The van der Waals surface area contributed by atoms with Crippen molar-refractivity contribution in [3.8, 4) is 44.5 Å². The maximum atomic E-state index is 2.54. The van der Waals surface area contributed by atoms with Crippen molar-refractivity contribution in [2.24, 2.45) is 0 Å². The molecule has 8 aromatic carbocycles. The van der Waals surface area contributed by atoms with Crippen molar-refractivity contribution in [3.05, 3.63) is 167 Å². The van der Waals surface area contributed by atoms with E-state index in [1.807, 2.05) is 0 Å². The van der Waals surface area contributed by atoms with Crippen LogP contribution in [0.25, 0.3) is 76.8 Å². The third-order valence-corrected chi connectivity index (χ3v) is 10.9. The largest absolute Gasteiger partial charge is 0.0622 e. The lowest BCUT2D eigenvalue weighted by Crippen LogP contribution is -1.93. The summed E-state index contributed by atoms with van der Waals surface area (Å²) in [4.78, 5) is 0. The summed E-state index contributed by atoms with van der Waals surface area (Å²) in [7, 11) is 0. The van der Waals surface area contributed by atoms with E-state index in [0.29, 0.717) is 0 Å². The van der Waals surface area contributed by atoms with Gasteiger partial charge >= 0.3 is 0 Å². The smallest absolute Gasteiger partial charge is 0.0000653 e. The van der Waals surface area contributed by atoms with E-state index >= 15 is 0 Å². The number of hydrogen-bond donors (Lipinski definition) is 0. The van der Waals surface area contributed by atoms with Gasteiger partial charge < -0.3 is 0 Å². The minimum Gasteiger partial charge on any atom is -0.0622 e. The average molecular weight is 569 g/mol. The van der Waals surface area contributed by atoms with Gasteiger partial charge in [-0.2, -0.15) is 0 Å². The first-order valence-electron chi connectivity index (χ1n) is 16.2. The van der Waals surface area contributed by atoms with E-state index in [0.717, 1.165) is 19.3 Å². The van der Waals surface area contributed by atoms with E-state index < -0.39 is 0 Å². The van der Waals surface area contributed by atoms with E-state index in [9.17, 15) is 0 Å². The van der Waals surface area contributed by atoms with Crippen LogP contribution >= 0.6 is 0 Å². The Bertz CT molecular complexity index is 2370. The molecule has 0 nitrogen and oxygen atoms in total. The second kappa shape index (κ2) is 8.58. The summed E-state index contributed by atoms with van der Waals surface area (Å²) in [6.45, 7) is 0. The molecule has 0 spiro atoms. The summed E-state index contributed by atoms with van der Waals surface area (Å²) < 4.78 is 0. The molecule has 0 radical (unpaired) electrons. The van der Waals surface area contributed by atoms with Crippen molar-refractivity contribution in [2.45, 2.75) is 19.3 Å². The zero-order valence-corrected chi connectivity index (χ0v) is 24.8. The first-order valence-corrected chi connectivity index (χ1v) is 16.2. The number of hydrogen-bond acceptors (Lipinski definition) is 0. The van der Waals surface area contributed by atoms with Crippen LogP contribution in [0.15, 0.2) is 133 Å². The first kappa shape index (κ1) is 23.9. The molecule has 0 saturated carbocycles. The Morgan fingerprint density at radius 2 is 0.622 bits per heavy atom. The van der Waals surface area contributed by atoms with Crippen LogP contribution in [0.1, 0.15) is 33.4 Å². The monoisotopic (exact) mass is 568 g/mol. The van der Waals surface area contributed by atoms with Crippen LogP contribution in [0.5, 0.6) is 0 Å². The Kier molecular flexibility index (Phi) is 4.57. The van der Waals surface area contributed by atoms with Gasteiger partial charge in [-0.3, -0.25) is 0 Å². The fourth-order valence-electron chi connectivity index (χ4n) is 8.93. The lowest BCUT2D eigenvalue weighted by molar-refractivity contribution is 1.24. The average Bonchev–Trinajstić information content (AvgIpc) is 3.79. The summed E-state index contributed by atoms with van der Waals surface area (Å²) in [5.41, 5.74) is 19.6. The summed E-state index contributed by atoms with van der Waals surface area (Å²) in [6.07, 6.45) is 3.05. The lowest BCUT2D eigenvalue weighted by Gasteiger charge is -2.14. The van der Waals surface area contributed by atoms with Crippen LogP contribution in [-0.2, 0) is 19.3 Å². The third-order valence-electron chi connectivity index (χ3n) is 10.9. The number of rotatable bonds is 4. The van der Waals surface area contributed by atoms with Crippen molar-refractivity contribution in [2.75, 3.05) is 0 Å². The van der Waals surface area contributed by atoms with Gasteiger partial charge in [0, 0.05) is 0 Å². The van der Waals surface area contributed by atoms with Crippen molar-refractivity contribution < 1.29 is 0 Å². The molecule has 0 heterocycles. The van der Waals surface area contributed by atoms with Crippen molar-refractivity contribution in [3.63, 3.8) is 0 Å².